The van der Waals surface area contributed by atoms with Crippen molar-refractivity contribution in [3.8, 4) is 0 Å². The molecule has 0 radical (unpaired) electrons. The van der Waals surface area contributed by atoms with Crippen LogP contribution in [0.2, 0.25) is 0 Å². The van der Waals surface area contributed by atoms with E-state index in [2.05, 4.69) is 32.9 Å². The first-order valence-electron chi connectivity index (χ1n) is 6.51. The SMILES string of the molecule is COC(=O)N(OC)c1ccccc1CNc1ccc(I)cn1. The van der Waals surface area contributed by atoms with Crippen molar-refractivity contribution < 1.29 is 14.4 Å². The fourth-order valence-electron chi connectivity index (χ4n) is 1.88. The van der Waals surface area contributed by atoms with Crippen molar-refractivity contribution in [1.29, 1.82) is 0 Å². The van der Waals surface area contributed by atoms with Crippen molar-refractivity contribution in [1.82, 2.24) is 4.98 Å². The molecule has 0 aliphatic heterocycles. The second-order valence-corrected chi connectivity index (χ2v) is 5.54. The Hall–Kier alpha value is -1.87. The third kappa shape index (κ3) is 4.08. The minimum atomic E-state index is -0.581. The predicted molar refractivity (Wildman–Crippen MR) is 92.6 cm³/mol. The molecule has 0 bridgehead atoms. The van der Waals surface area contributed by atoms with E-state index in [-0.39, 0.29) is 0 Å². The fraction of sp³-hybridized carbons (Fsp3) is 0.200. The molecular weight excluding hydrogens is 397 g/mol. The van der Waals surface area contributed by atoms with E-state index < -0.39 is 6.09 Å². The van der Waals surface area contributed by atoms with Gasteiger partial charge in [0.25, 0.3) is 0 Å². The number of nitrogens with one attached hydrogen (secondary N) is 1. The van der Waals surface area contributed by atoms with Gasteiger partial charge in [-0.05, 0) is 46.4 Å². The smallest absolute Gasteiger partial charge is 0.438 e. The highest BCUT2D eigenvalue weighted by atomic mass is 127. The number of amides is 1. The summed E-state index contributed by atoms with van der Waals surface area (Å²) in [5.41, 5.74) is 1.50. The van der Waals surface area contributed by atoms with Crippen molar-refractivity contribution in [3.05, 3.63) is 51.7 Å². The molecule has 7 heteroatoms. The Labute approximate surface area is 142 Å². The van der Waals surface area contributed by atoms with E-state index in [0.717, 1.165) is 20.0 Å². The van der Waals surface area contributed by atoms with Crippen LogP contribution >= 0.6 is 22.6 Å². The van der Waals surface area contributed by atoms with E-state index in [9.17, 15) is 4.79 Å². The van der Waals surface area contributed by atoms with Gasteiger partial charge in [0, 0.05) is 16.3 Å². The third-order valence-corrected chi connectivity index (χ3v) is 3.56. The van der Waals surface area contributed by atoms with Crippen molar-refractivity contribution in [3.63, 3.8) is 0 Å². The summed E-state index contributed by atoms with van der Waals surface area (Å²) in [7, 11) is 2.73. The topological polar surface area (TPSA) is 63.7 Å². The van der Waals surface area contributed by atoms with Gasteiger partial charge < -0.3 is 10.1 Å². The lowest BCUT2D eigenvalue weighted by Gasteiger charge is -2.21. The summed E-state index contributed by atoms with van der Waals surface area (Å²) in [6.45, 7) is 0.501. The van der Waals surface area contributed by atoms with Gasteiger partial charge in [0.15, 0.2) is 0 Å². The summed E-state index contributed by atoms with van der Waals surface area (Å²) in [5, 5.41) is 4.33. The van der Waals surface area contributed by atoms with Crippen LogP contribution in [0.3, 0.4) is 0 Å². The highest BCUT2D eigenvalue weighted by Gasteiger charge is 2.18. The van der Waals surface area contributed by atoms with Crippen LogP contribution in [0.15, 0.2) is 42.6 Å². The number of nitrogens with zero attached hydrogens (tertiary/aromatic N) is 2. The highest BCUT2D eigenvalue weighted by Crippen LogP contribution is 2.22. The molecule has 1 heterocycles. The molecule has 0 spiro atoms. The maximum absolute atomic E-state index is 11.8. The van der Waals surface area contributed by atoms with E-state index in [0.29, 0.717) is 12.2 Å². The second kappa shape index (κ2) is 7.95. The number of rotatable bonds is 5. The van der Waals surface area contributed by atoms with Gasteiger partial charge in [-0.3, -0.25) is 4.84 Å². The van der Waals surface area contributed by atoms with Crippen LogP contribution in [0.25, 0.3) is 0 Å². The maximum Gasteiger partial charge on any atom is 0.438 e. The molecule has 22 heavy (non-hydrogen) atoms. The van der Waals surface area contributed by atoms with Crippen molar-refractivity contribution in [2.75, 3.05) is 24.6 Å². The fourth-order valence-corrected chi connectivity index (χ4v) is 2.20. The van der Waals surface area contributed by atoms with Gasteiger partial charge in [-0.25, -0.2) is 9.78 Å². The van der Waals surface area contributed by atoms with Crippen LogP contribution in [-0.4, -0.2) is 25.3 Å². The molecule has 0 atom stereocenters. The molecule has 2 rings (SSSR count). The molecule has 2 aromatic rings. The normalized spacial score (nSPS) is 10.1. The lowest BCUT2D eigenvalue weighted by atomic mass is 10.1. The van der Waals surface area contributed by atoms with Crippen molar-refractivity contribution in [2.24, 2.45) is 0 Å². The first-order chi connectivity index (χ1) is 10.7. The minimum Gasteiger partial charge on any atom is -0.451 e. The standard InChI is InChI=1S/C15H16IN3O3/c1-21-15(20)19(22-2)13-6-4-3-5-11(13)9-17-14-8-7-12(16)10-18-14/h3-8,10H,9H2,1-2H3,(H,17,18). The number of hydrogen-bond acceptors (Lipinski definition) is 5. The highest BCUT2D eigenvalue weighted by molar-refractivity contribution is 14.1. The predicted octanol–water partition coefficient (Wildman–Crippen LogP) is 3.43. The molecule has 0 aliphatic rings. The Bertz CT molecular complexity index is 634. The number of carbonyl (C=O) groups excluding carboxylic acids is 1. The average molecular weight is 413 g/mol. The van der Waals surface area contributed by atoms with Crippen LogP contribution in [0.4, 0.5) is 16.3 Å². The summed E-state index contributed by atoms with van der Waals surface area (Å²) in [4.78, 5) is 21.1. The number of halogens is 1. The molecule has 0 aliphatic carbocycles. The van der Waals surface area contributed by atoms with E-state index >= 15 is 0 Å². The van der Waals surface area contributed by atoms with Gasteiger partial charge in [0.1, 0.15) is 5.82 Å². The number of aromatic nitrogens is 1. The number of pyridine rings is 1. The number of carbonyl (C=O) groups is 1. The summed E-state index contributed by atoms with van der Waals surface area (Å²) in [6, 6.07) is 11.3. The molecule has 1 aromatic carbocycles. The number of methoxy groups -OCH3 is 1. The molecule has 0 saturated carbocycles. The largest absolute Gasteiger partial charge is 0.451 e. The Morgan fingerprint density at radius 1 is 1.27 bits per heavy atom. The quantitative estimate of drug-likeness (QED) is 0.601. The first kappa shape index (κ1) is 16.5. The zero-order valence-electron chi connectivity index (χ0n) is 12.2. The van der Waals surface area contributed by atoms with Gasteiger partial charge in [0.2, 0.25) is 0 Å². The minimum absolute atomic E-state index is 0.501. The molecule has 0 saturated heterocycles. The summed E-state index contributed by atoms with van der Waals surface area (Å²) in [6.07, 6.45) is 1.20. The van der Waals surface area contributed by atoms with E-state index in [1.165, 1.54) is 14.2 Å². The van der Waals surface area contributed by atoms with Gasteiger partial charge in [-0.1, -0.05) is 18.2 Å². The molecule has 1 aromatic heterocycles. The van der Waals surface area contributed by atoms with Crippen molar-refractivity contribution >= 4 is 40.2 Å². The summed E-state index contributed by atoms with van der Waals surface area (Å²) < 4.78 is 5.79. The Morgan fingerprint density at radius 2 is 2.05 bits per heavy atom. The van der Waals surface area contributed by atoms with Crippen LogP contribution in [0.1, 0.15) is 5.56 Å². The number of benzene rings is 1. The summed E-state index contributed by atoms with van der Waals surface area (Å²) >= 11 is 2.20. The molecule has 1 N–H and O–H groups in total. The van der Waals surface area contributed by atoms with Crippen LogP contribution in [-0.2, 0) is 16.1 Å². The van der Waals surface area contributed by atoms with E-state index in [1.807, 2.05) is 30.3 Å². The van der Waals surface area contributed by atoms with Gasteiger partial charge >= 0.3 is 6.09 Å². The van der Waals surface area contributed by atoms with E-state index in [4.69, 9.17) is 9.57 Å². The molecule has 0 fully saturated rings. The molecule has 6 nitrogen and oxygen atoms in total. The van der Waals surface area contributed by atoms with Crippen LogP contribution < -0.4 is 10.4 Å². The zero-order valence-corrected chi connectivity index (χ0v) is 14.4. The number of ether oxygens (including phenoxy) is 1. The summed E-state index contributed by atoms with van der Waals surface area (Å²) in [5.74, 6) is 0.761. The Morgan fingerprint density at radius 3 is 2.68 bits per heavy atom. The number of hydrogen-bond donors (Lipinski definition) is 1. The first-order valence-corrected chi connectivity index (χ1v) is 7.59. The number of para-hydroxylation sites is 1. The molecule has 0 unspecified atom stereocenters. The Kier molecular flexibility index (Phi) is 5.96. The van der Waals surface area contributed by atoms with Crippen LogP contribution in [0.5, 0.6) is 0 Å². The van der Waals surface area contributed by atoms with E-state index in [1.54, 1.807) is 12.3 Å². The maximum atomic E-state index is 11.8. The molecule has 116 valence electrons. The third-order valence-electron chi connectivity index (χ3n) is 2.92. The van der Waals surface area contributed by atoms with Gasteiger partial charge in [0.05, 0.1) is 19.9 Å². The lowest BCUT2D eigenvalue weighted by Crippen LogP contribution is -2.30. The number of hydroxylamine groups is 1. The Balaban J connectivity index is 2.17. The number of anilines is 2. The zero-order chi connectivity index (χ0) is 15.9. The monoisotopic (exact) mass is 413 g/mol. The van der Waals surface area contributed by atoms with Crippen molar-refractivity contribution in [2.45, 2.75) is 6.54 Å². The molecular formula is C15H16IN3O3. The molecule has 1 amide bonds. The lowest BCUT2D eigenvalue weighted by molar-refractivity contribution is 0.115. The van der Waals surface area contributed by atoms with Gasteiger partial charge in [-0.15, -0.1) is 0 Å². The van der Waals surface area contributed by atoms with Crippen LogP contribution in [0, 0.1) is 3.57 Å². The second-order valence-electron chi connectivity index (χ2n) is 4.29. The average Bonchev–Trinajstić information content (AvgIpc) is 2.56. The van der Waals surface area contributed by atoms with Gasteiger partial charge in [-0.2, -0.15) is 5.06 Å².